The number of nitrogens with zero attached hydrogens (tertiary/aromatic N) is 3. The maximum absolute atomic E-state index is 13.2. The number of thiophene rings is 1. The second-order valence-corrected chi connectivity index (χ2v) is 8.13. The molecule has 1 unspecified atom stereocenters. The molecule has 0 fully saturated rings. The highest BCUT2D eigenvalue weighted by Gasteiger charge is 2.21. The lowest BCUT2D eigenvalue weighted by atomic mass is 10.1. The number of aliphatic hydroxyl groups is 1. The Morgan fingerprint density at radius 1 is 1.18 bits per heavy atom. The molecule has 1 aromatic carbocycles. The van der Waals surface area contributed by atoms with Gasteiger partial charge in [0.2, 0.25) is 0 Å². The number of aryl methyl sites for hydroxylation is 1. The summed E-state index contributed by atoms with van der Waals surface area (Å²) in [5, 5.41) is 12.2. The van der Waals surface area contributed by atoms with Gasteiger partial charge in [0, 0.05) is 21.8 Å². The van der Waals surface area contributed by atoms with Gasteiger partial charge in [0.25, 0.3) is 0 Å². The Morgan fingerprint density at radius 2 is 1.96 bits per heavy atom. The van der Waals surface area contributed by atoms with Gasteiger partial charge in [-0.25, -0.2) is 4.98 Å². The number of fused-ring (bicyclic) bond motifs is 1. The van der Waals surface area contributed by atoms with Crippen LogP contribution in [0.25, 0.3) is 11.0 Å². The summed E-state index contributed by atoms with van der Waals surface area (Å²) in [6, 6.07) is 13.8. The summed E-state index contributed by atoms with van der Waals surface area (Å²) in [6.07, 6.45) is -0.744. The first kappa shape index (κ1) is 18.7. The van der Waals surface area contributed by atoms with Crippen molar-refractivity contribution < 1.29 is 9.90 Å². The SMILES string of the molecule is Cc1cc(C(=O)Cn2c(C(C)O)nc3ccccc32)c(C)n1Cc1cccs1. The van der Waals surface area contributed by atoms with Gasteiger partial charge < -0.3 is 14.2 Å². The van der Waals surface area contributed by atoms with Crippen molar-refractivity contribution in [1.82, 2.24) is 14.1 Å². The van der Waals surface area contributed by atoms with E-state index in [1.165, 1.54) is 4.88 Å². The van der Waals surface area contributed by atoms with E-state index in [0.717, 1.165) is 34.5 Å². The molecule has 5 nitrogen and oxygen atoms in total. The van der Waals surface area contributed by atoms with Crippen LogP contribution < -0.4 is 0 Å². The third kappa shape index (κ3) is 3.30. The average Bonchev–Trinajstić information content (AvgIpc) is 3.37. The number of imidazole rings is 1. The Balaban J connectivity index is 1.68. The number of para-hydroxylation sites is 2. The first-order valence-corrected chi connectivity index (χ1v) is 10.2. The van der Waals surface area contributed by atoms with Crippen molar-refractivity contribution in [3.63, 3.8) is 0 Å². The van der Waals surface area contributed by atoms with E-state index in [1.807, 2.05) is 54.8 Å². The lowest BCUT2D eigenvalue weighted by Gasteiger charge is -2.11. The van der Waals surface area contributed by atoms with Gasteiger partial charge in [0.15, 0.2) is 5.78 Å². The van der Waals surface area contributed by atoms with Gasteiger partial charge in [0.1, 0.15) is 11.9 Å². The predicted octanol–water partition coefficient (Wildman–Crippen LogP) is 4.50. The fourth-order valence-electron chi connectivity index (χ4n) is 3.69. The molecule has 0 amide bonds. The number of carbonyl (C=O) groups excluding carboxylic acids is 1. The zero-order valence-corrected chi connectivity index (χ0v) is 17.0. The van der Waals surface area contributed by atoms with Crippen LogP contribution in [0.4, 0.5) is 0 Å². The van der Waals surface area contributed by atoms with Crippen LogP contribution in [0.2, 0.25) is 0 Å². The third-order valence-corrected chi connectivity index (χ3v) is 5.99. The molecule has 0 aliphatic heterocycles. The van der Waals surface area contributed by atoms with Crippen LogP contribution in [0.3, 0.4) is 0 Å². The standard InChI is InChI=1S/C22H23N3O2S/c1-14-11-18(15(2)24(14)12-17-7-6-10-28-17)21(27)13-25-20-9-5-4-8-19(20)23-22(25)16(3)26/h4-11,16,26H,12-13H2,1-3H3. The largest absolute Gasteiger partial charge is 0.385 e. The second kappa shape index (κ2) is 7.37. The van der Waals surface area contributed by atoms with E-state index >= 15 is 0 Å². The quantitative estimate of drug-likeness (QED) is 0.491. The first-order valence-electron chi connectivity index (χ1n) is 9.31. The molecule has 4 aromatic rings. The topological polar surface area (TPSA) is 60.1 Å². The minimum absolute atomic E-state index is 0.0237. The molecule has 4 rings (SSSR count). The van der Waals surface area contributed by atoms with Crippen LogP contribution in [0.1, 0.15) is 45.5 Å². The summed E-state index contributed by atoms with van der Waals surface area (Å²) < 4.78 is 4.01. The molecule has 0 saturated heterocycles. The average molecular weight is 394 g/mol. The maximum atomic E-state index is 13.2. The Hall–Kier alpha value is -2.70. The molecule has 3 heterocycles. The van der Waals surface area contributed by atoms with Gasteiger partial charge in [-0.3, -0.25) is 4.79 Å². The molecule has 28 heavy (non-hydrogen) atoms. The molecule has 0 spiro atoms. The van der Waals surface area contributed by atoms with E-state index in [9.17, 15) is 9.90 Å². The Kier molecular flexibility index (Phi) is 4.91. The lowest BCUT2D eigenvalue weighted by molar-refractivity contribution is 0.0967. The van der Waals surface area contributed by atoms with Crippen LogP contribution in [0.15, 0.2) is 47.8 Å². The molecule has 0 aliphatic carbocycles. The maximum Gasteiger partial charge on any atom is 0.184 e. The van der Waals surface area contributed by atoms with Gasteiger partial charge in [-0.05, 0) is 50.4 Å². The zero-order chi connectivity index (χ0) is 19.8. The van der Waals surface area contributed by atoms with Crippen molar-refractivity contribution in [1.29, 1.82) is 0 Å². The number of hydrogen-bond acceptors (Lipinski definition) is 4. The number of ketones is 1. The monoisotopic (exact) mass is 393 g/mol. The molecular formula is C22H23N3O2S. The van der Waals surface area contributed by atoms with Crippen LogP contribution >= 0.6 is 11.3 Å². The number of aliphatic hydroxyl groups excluding tert-OH is 1. The highest BCUT2D eigenvalue weighted by atomic mass is 32.1. The van der Waals surface area contributed by atoms with Crippen LogP contribution in [0, 0.1) is 13.8 Å². The van der Waals surface area contributed by atoms with E-state index < -0.39 is 6.10 Å². The molecule has 0 aliphatic rings. The minimum atomic E-state index is -0.744. The number of carbonyl (C=O) groups is 1. The molecule has 1 atom stereocenters. The van der Waals surface area contributed by atoms with Crippen LogP contribution in [0.5, 0.6) is 0 Å². The summed E-state index contributed by atoms with van der Waals surface area (Å²) >= 11 is 1.72. The third-order valence-electron chi connectivity index (χ3n) is 5.13. The molecule has 0 radical (unpaired) electrons. The van der Waals surface area contributed by atoms with Crippen molar-refractivity contribution in [3.8, 4) is 0 Å². The highest BCUT2D eigenvalue weighted by molar-refractivity contribution is 7.09. The van der Waals surface area contributed by atoms with Gasteiger partial charge in [-0.2, -0.15) is 0 Å². The molecule has 1 N–H and O–H groups in total. The van der Waals surface area contributed by atoms with Gasteiger partial charge in [-0.1, -0.05) is 18.2 Å². The molecule has 6 heteroatoms. The summed E-state index contributed by atoms with van der Waals surface area (Å²) in [6.45, 7) is 6.63. The lowest BCUT2D eigenvalue weighted by Crippen LogP contribution is -2.15. The number of aromatic nitrogens is 3. The zero-order valence-electron chi connectivity index (χ0n) is 16.2. The predicted molar refractivity (Wildman–Crippen MR) is 112 cm³/mol. The Bertz CT molecular complexity index is 1140. The van der Waals surface area contributed by atoms with Crippen molar-refractivity contribution in [2.45, 2.75) is 40.0 Å². The van der Waals surface area contributed by atoms with E-state index in [1.54, 1.807) is 18.3 Å². The smallest absolute Gasteiger partial charge is 0.184 e. The summed E-state index contributed by atoms with van der Waals surface area (Å²) in [5.74, 6) is 0.539. The fraction of sp³-hybridized carbons (Fsp3) is 0.273. The number of hydrogen-bond donors (Lipinski definition) is 1. The van der Waals surface area contributed by atoms with E-state index in [4.69, 9.17) is 0 Å². The fourth-order valence-corrected chi connectivity index (χ4v) is 4.39. The van der Waals surface area contributed by atoms with Crippen LogP contribution in [-0.4, -0.2) is 25.0 Å². The first-order chi connectivity index (χ1) is 13.5. The van der Waals surface area contributed by atoms with Gasteiger partial charge >= 0.3 is 0 Å². The number of rotatable bonds is 6. The van der Waals surface area contributed by atoms with Crippen molar-refractivity contribution in [2.75, 3.05) is 0 Å². The number of benzene rings is 1. The molecule has 3 aromatic heterocycles. The molecule has 0 saturated carbocycles. The normalized spacial score (nSPS) is 12.6. The van der Waals surface area contributed by atoms with E-state index in [-0.39, 0.29) is 12.3 Å². The van der Waals surface area contributed by atoms with E-state index in [0.29, 0.717) is 5.82 Å². The summed E-state index contributed by atoms with van der Waals surface area (Å²) in [7, 11) is 0. The van der Waals surface area contributed by atoms with Gasteiger partial charge in [0.05, 0.1) is 24.1 Å². The van der Waals surface area contributed by atoms with Gasteiger partial charge in [-0.15, -0.1) is 11.3 Å². The summed E-state index contributed by atoms with van der Waals surface area (Å²) in [4.78, 5) is 19.0. The van der Waals surface area contributed by atoms with Crippen molar-refractivity contribution >= 4 is 28.2 Å². The van der Waals surface area contributed by atoms with Crippen molar-refractivity contribution in [2.24, 2.45) is 0 Å². The highest BCUT2D eigenvalue weighted by Crippen LogP contribution is 2.24. The Labute approximate surface area is 167 Å². The second-order valence-electron chi connectivity index (χ2n) is 7.09. The van der Waals surface area contributed by atoms with Crippen molar-refractivity contribution in [3.05, 3.63) is 75.5 Å². The minimum Gasteiger partial charge on any atom is -0.385 e. The Morgan fingerprint density at radius 3 is 2.68 bits per heavy atom. The molecule has 0 bridgehead atoms. The number of Topliss-reactive ketones (excluding diaryl/α,β-unsaturated/α-hetero) is 1. The molecule has 144 valence electrons. The molecular weight excluding hydrogens is 370 g/mol. The van der Waals surface area contributed by atoms with Crippen LogP contribution in [-0.2, 0) is 13.1 Å². The summed E-state index contributed by atoms with van der Waals surface area (Å²) in [5.41, 5.74) is 4.41. The van der Waals surface area contributed by atoms with E-state index in [2.05, 4.69) is 21.0 Å².